The lowest BCUT2D eigenvalue weighted by molar-refractivity contribution is 0.177. The summed E-state index contributed by atoms with van der Waals surface area (Å²) in [5.41, 5.74) is 1.81. The predicted molar refractivity (Wildman–Crippen MR) is 88.5 cm³/mol. The zero-order valence-corrected chi connectivity index (χ0v) is 14.2. The minimum atomic E-state index is -4.03. The maximum atomic E-state index is 13.5. The molecule has 0 unspecified atom stereocenters. The fraction of sp³-hybridized carbons (Fsp3) is 0.125. The monoisotopic (exact) mass is 363 g/mol. The molecule has 0 aliphatic carbocycles. The van der Waals surface area contributed by atoms with Gasteiger partial charge in [0.1, 0.15) is 11.6 Å². The zero-order chi connectivity index (χ0) is 18.2. The Labute approximate surface area is 143 Å². The van der Waals surface area contributed by atoms with Crippen LogP contribution in [-0.4, -0.2) is 31.2 Å². The summed E-state index contributed by atoms with van der Waals surface area (Å²) in [6.07, 6.45) is -1.07. The van der Waals surface area contributed by atoms with Crippen molar-refractivity contribution in [3.63, 3.8) is 0 Å². The summed E-state index contributed by atoms with van der Waals surface area (Å²) < 4.78 is 45.4. The van der Waals surface area contributed by atoms with E-state index in [1.165, 1.54) is 24.3 Å². The number of imidazole rings is 1. The van der Waals surface area contributed by atoms with Crippen molar-refractivity contribution in [2.75, 3.05) is 7.11 Å². The number of benzene rings is 2. The van der Waals surface area contributed by atoms with Crippen LogP contribution in [0.3, 0.4) is 0 Å². The molecule has 0 saturated carbocycles. The first-order chi connectivity index (χ1) is 11.8. The van der Waals surface area contributed by atoms with Crippen LogP contribution in [0.25, 0.3) is 16.7 Å². The number of carbonyl (C=O) groups excluding carboxylic acids is 1. The van der Waals surface area contributed by atoms with Crippen LogP contribution in [0.15, 0.2) is 47.4 Å². The Morgan fingerprint density at radius 2 is 1.88 bits per heavy atom. The summed E-state index contributed by atoms with van der Waals surface area (Å²) in [6, 6.07) is 10.0. The molecular weight excluding hydrogens is 349 g/mol. The molecule has 25 heavy (non-hydrogen) atoms. The Hall–Kier alpha value is -2.94. The Kier molecular flexibility index (Phi) is 4.17. The summed E-state index contributed by atoms with van der Waals surface area (Å²) in [5.74, 6) is 0.235. The van der Waals surface area contributed by atoms with Crippen LogP contribution in [0.5, 0.6) is 0 Å². The lowest BCUT2D eigenvalue weighted by atomic mass is 10.2. The number of fused-ring (bicyclic) bond motifs is 1. The quantitative estimate of drug-likeness (QED) is 0.772. The van der Waals surface area contributed by atoms with Crippen molar-refractivity contribution in [3.05, 3.63) is 54.1 Å². The number of carbonyl (C=O) groups is 1. The van der Waals surface area contributed by atoms with Crippen LogP contribution in [0.1, 0.15) is 5.82 Å². The fourth-order valence-corrected chi connectivity index (χ4v) is 3.39. The Balaban J connectivity index is 2.03. The number of nitrogens with one attached hydrogen (secondary N) is 1. The van der Waals surface area contributed by atoms with Crippen LogP contribution >= 0.6 is 0 Å². The number of ether oxygens (including phenoxy) is 1. The van der Waals surface area contributed by atoms with E-state index < -0.39 is 21.9 Å². The van der Waals surface area contributed by atoms with Gasteiger partial charge in [-0.1, -0.05) is 0 Å². The average Bonchev–Trinajstić information content (AvgIpc) is 2.89. The maximum absolute atomic E-state index is 13.5. The minimum Gasteiger partial charge on any atom is -0.452 e. The first-order valence-corrected chi connectivity index (χ1v) is 8.66. The summed E-state index contributed by atoms with van der Waals surface area (Å²) in [6.45, 7) is 1.77. The zero-order valence-electron chi connectivity index (χ0n) is 13.4. The molecule has 0 aliphatic rings. The molecular formula is C16H14FN3O4S. The highest BCUT2D eigenvalue weighted by atomic mass is 32.2. The summed E-state index contributed by atoms with van der Waals surface area (Å²) in [4.78, 5) is 15.4. The largest absolute Gasteiger partial charge is 0.452 e. The highest BCUT2D eigenvalue weighted by Gasteiger charge is 2.18. The van der Waals surface area contributed by atoms with Gasteiger partial charge < -0.3 is 4.74 Å². The number of methoxy groups -OCH3 is 1. The number of rotatable bonds is 3. The number of aryl methyl sites for hydroxylation is 1. The van der Waals surface area contributed by atoms with E-state index in [4.69, 9.17) is 0 Å². The van der Waals surface area contributed by atoms with Gasteiger partial charge in [-0.2, -0.15) is 0 Å². The third-order valence-electron chi connectivity index (χ3n) is 3.59. The third-order valence-corrected chi connectivity index (χ3v) is 4.92. The highest BCUT2D eigenvalue weighted by molar-refractivity contribution is 7.90. The van der Waals surface area contributed by atoms with E-state index in [9.17, 15) is 17.6 Å². The molecule has 1 amide bonds. The number of halogens is 1. The van der Waals surface area contributed by atoms with E-state index in [1.54, 1.807) is 34.4 Å². The van der Waals surface area contributed by atoms with Crippen LogP contribution in [-0.2, 0) is 14.8 Å². The predicted octanol–water partition coefficient (Wildman–Crippen LogP) is 2.52. The maximum Gasteiger partial charge on any atom is 0.420 e. The lowest BCUT2D eigenvalue weighted by Gasteiger charge is -2.09. The Morgan fingerprint density at radius 3 is 2.52 bits per heavy atom. The topological polar surface area (TPSA) is 90.3 Å². The first-order valence-electron chi connectivity index (χ1n) is 7.17. The van der Waals surface area contributed by atoms with Crippen molar-refractivity contribution >= 4 is 27.1 Å². The number of nitrogens with zero attached hydrogens (tertiary/aromatic N) is 2. The Morgan fingerprint density at radius 1 is 1.20 bits per heavy atom. The molecule has 0 aliphatic heterocycles. The van der Waals surface area contributed by atoms with E-state index >= 15 is 0 Å². The molecule has 0 atom stereocenters. The van der Waals surface area contributed by atoms with Crippen molar-refractivity contribution < 1.29 is 22.3 Å². The lowest BCUT2D eigenvalue weighted by Crippen LogP contribution is -2.30. The normalized spacial score (nSPS) is 11.5. The van der Waals surface area contributed by atoms with E-state index in [-0.39, 0.29) is 4.90 Å². The van der Waals surface area contributed by atoms with Crippen molar-refractivity contribution in [1.29, 1.82) is 0 Å². The molecule has 1 N–H and O–H groups in total. The van der Waals surface area contributed by atoms with E-state index in [0.717, 1.165) is 7.11 Å². The SMILES string of the molecule is COC(=O)NS(=O)(=O)c1ccc(-n2c(C)nc3ccc(F)cc32)cc1. The van der Waals surface area contributed by atoms with Gasteiger partial charge in [0.25, 0.3) is 10.0 Å². The number of amides is 1. The second-order valence-corrected chi connectivity index (χ2v) is 6.90. The fourth-order valence-electron chi connectivity index (χ4n) is 2.48. The van der Waals surface area contributed by atoms with Crippen molar-refractivity contribution in [1.82, 2.24) is 14.3 Å². The standard InChI is InChI=1S/C16H14FN3O4S/c1-10-18-14-8-3-11(17)9-15(14)20(10)12-4-6-13(7-5-12)25(22,23)19-16(21)24-2/h3-9H,1-2H3,(H,19,21). The number of aromatic nitrogens is 2. The number of hydrogen-bond acceptors (Lipinski definition) is 5. The van der Waals surface area contributed by atoms with Crippen LogP contribution in [0.2, 0.25) is 0 Å². The molecule has 7 nitrogen and oxygen atoms in total. The van der Waals surface area contributed by atoms with Crippen LogP contribution in [0, 0.1) is 12.7 Å². The first kappa shape index (κ1) is 16.9. The van der Waals surface area contributed by atoms with Gasteiger partial charge in [-0.05, 0) is 43.3 Å². The van der Waals surface area contributed by atoms with Gasteiger partial charge in [0.05, 0.1) is 23.0 Å². The van der Waals surface area contributed by atoms with Gasteiger partial charge >= 0.3 is 6.09 Å². The molecule has 0 spiro atoms. The molecule has 9 heteroatoms. The van der Waals surface area contributed by atoms with Gasteiger partial charge in [-0.15, -0.1) is 0 Å². The minimum absolute atomic E-state index is 0.102. The molecule has 3 aromatic rings. The highest BCUT2D eigenvalue weighted by Crippen LogP contribution is 2.23. The molecule has 0 fully saturated rings. The van der Waals surface area contributed by atoms with Crippen molar-refractivity contribution in [2.45, 2.75) is 11.8 Å². The van der Waals surface area contributed by atoms with E-state index in [1.807, 2.05) is 0 Å². The second kappa shape index (κ2) is 6.17. The van der Waals surface area contributed by atoms with Crippen molar-refractivity contribution in [2.24, 2.45) is 0 Å². The van der Waals surface area contributed by atoms with Gasteiger partial charge in [-0.3, -0.25) is 4.57 Å². The molecule has 130 valence electrons. The van der Waals surface area contributed by atoms with E-state index in [2.05, 4.69) is 9.72 Å². The molecule has 0 radical (unpaired) electrons. The summed E-state index contributed by atoms with van der Waals surface area (Å²) >= 11 is 0. The Bertz CT molecular complexity index is 1060. The second-order valence-electron chi connectivity index (χ2n) is 5.22. The van der Waals surface area contributed by atoms with E-state index in [0.29, 0.717) is 22.5 Å². The molecule has 1 heterocycles. The molecule has 0 bridgehead atoms. The molecule has 0 saturated heterocycles. The number of sulfonamides is 1. The van der Waals surface area contributed by atoms with Gasteiger partial charge in [0.2, 0.25) is 0 Å². The van der Waals surface area contributed by atoms with Crippen molar-refractivity contribution in [3.8, 4) is 5.69 Å². The number of hydrogen-bond donors (Lipinski definition) is 1. The summed E-state index contributed by atoms with van der Waals surface area (Å²) in [5, 5.41) is 0. The molecule has 1 aromatic heterocycles. The van der Waals surface area contributed by atoms with Crippen LogP contribution < -0.4 is 4.72 Å². The van der Waals surface area contributed by atoms with Gasteiger partial charge in [0, 0.05) is 11.8 Å². The summed E-state index contributed by atoms with van der Waals surface area (Å²) in [7, 11) is -2.96. The van der Waals surface area contributed by atoms with Gasteiger partial charge in [0.15, 0.2) is 0 Å². The third kappa shape index (κ3) is 3.18. The molecule has 2 aromatic carbocycles. The molecule has 3 rings (SSSR count). The average molecular weight is 363 g/mol. The van der Waals surface area contributed by atoms with Crippen LogP contribution in [0.4, 0.5) is 9.18 Å². The van der Waals surface area contributed by atoms with Gasteiger partial charge in [-0.25, -0.2) is 27.3 Å². The smallest absolute Gasteiger partial charge is 0.420 e.